The van der Waals surface area contributed by atoms with Crippen molar-refractivity contribution in [3.63, 3.8) is 0 Å². The third-order valence-corrected chi connectivity index (χ3v) is 7.88. The highest BCUT2D eigenvalue weighted by Gasteiger charge is 2.68. The Bertz CT molecular complexity index is 1750. The molecule has 0 bridgehead atoms. The highest BCUT2D eigenvalue weighted by Crippen LogP contribution is 2.51. The molecule has 2 aromatic heterocycles. The predicted molar refractivity (Wildman–Crippen MR) is 163 cm³/mol. The minimum Gasteiger partial charge on any atom is -0.380 e. The Kier molecular flexibility index (Phi) is 8.23. The Morgan fingerprint density at radius 1 is 0.886 bits per heavy atom. The van der Waals surface area contributed by atoms with Gasteiger partial charge in [0.15, 0.2) is 11.5 Å². The molecule has 4 atom stereocenters. The van der Waals surface area contributed by atoms with Gasteiger partial charge in [0.1, 0.15) is 29.6 Å². The lowest BCUT2D eigenvalue weighted by Crippen LogP contribution is -2.55. The van der Waals surface area contributed by atoms with Gasteiger partial charge in [-0.1, -0.05) is 91.0 Å². The standard InChI is InChI=1S/C33H33N7O4/c1-32(43-20-25-15-9-4-10-16-25)28(42-19-24-13-7-3-8-14-24)26(21-41-18-23-11-5-2-6-12-23)44-33(32,22-34)27-17-37-30-29(35)38-31(36)39-40(27)30/h2-17,26,28H,18-21H2,1H3,(H4,35,36,38,39)/t26-,28-,32-,33+/m1/s1. The molecule has 0 saturated carbocycles. The molecule has 44 heavy (non-hydrogen) atoms. The van der Waals surface area contributed by atoms with Crippen LogP contribution in [0.1, 0.15) is 29.3 Å². The largest absolute Gasteiger partial charge is 0.380 e. The number of anilines is 2. The maximum absolute atomic E-state index is 11.0. The number of nitrogen functional groups attached to an aromatic ring is 2. The van der Waals surface area contributed by atoms with Crippen LogP contribution < -0.4 is 11.5 Å². The molecular weight excluding hydrogens is 558 g/mol. The Morgan fingerprint density at radius 2 is 1.48 bits per heavy atom. The number of nitrogens with two attached hydrogens (primary N) is 2. The van der Waals surface area contributed by atoms with Crippen LogP contribution in [-0.2, 0) is 44.4 Å². The van der Waals surface area contributed by atoms with E-state index in [1.165, 1.54) is 10.7 Å². The van der Waals surface area contributed by atoms with Crippen LogP contribution in [0.15, 0.2) is 97.2 Å². The van der Waals surface area contributed by atoms with Crippen molar-refractivity contribution >= 4 is 17.4 Å². The molecule has 0 unspecified atom stereocenters. The topological polar surface area (TPSA) is 156 Å². The molecule has 5 aromatic rings. The number of nitriles is 1. The fourth-order valence-electron chi connectivity index (χ4n) is 5.64. The summed E-state index contributed by atoms with van der Waals surface area (Å²) in [6, 6.07) is 31.7. The number of benzene rings is 3. The van der Waals surface area contributed by atoms with E-state index in [9.17, 15) is 5.26 Å². The first-order valence-corrected chi connectivity index (χ1v) is 14.2. The summed E-state index contributed by atoms with van der Waals surface area (Å²) in [5, 5.41) is 15.4. The smallest absolute Gasteiger partial charge is 0.240 e. The molecule has 1 saturated heterocycles. The monoisotopic (exact) mass is 591 g/mol. The van der Waals surface area contributed by atoms with E-state index in [4.69, 9.17) is 30.4 Å². The summed E-state index contributed by atoms with van der Waals surface area (Å²) in [6.07, 6.45) is 0.0167. The van der Waals surface area contributed by atoms with E-state index < -0.39 is 23.4 Å². The summed E-state index contributed by atoms with van der Waals surface area (Å²) in [5.74, 6) is -0.00627. The molecule has 224 valence electrons. The summed E-state index contributed by atoms with van der Waals surface area (Å²) in [5.41, 5.74) is 12.3. The van der Waals surface area contributed by atoms with Gasteiger partial charge in [-0.3, -0.25) is 0 Å². The van der Waals surface area contributed by atoms with Gasteiger partial charge in [-0.25, -0.2) is 9.50 Å². The normalized spacial score (nSPS) is 23.1. The van der Waals surface area contributed by atoms with E-state index in [-0.39, 0.29) is 42.9 Å². The van der Waals surface area contributed by atoms with E-state index in [2.05, 4.69) is 21.1 Å². The lowest BCUT2D eigenvalue weighted by atomic mass is 9.79. The first-order chi connectivity index (χ1) is 21.4. The number of ether oxygens (including phenoxy) is 4. The van der Waals surface area contributed by atoms with Crippen LogP contribution in [0.2, 0.25) is 0 Å². The van der Waals surface area contributed by atoms with Crippen molar-refractivity contribution in [1.82, 2.24) is 19.6 Å². The van der Waals surface area contributed by atoms with E-state index in [0.717, 1.165) is 16.7 Å². The first-order valence-electron chi connectivity index (χ1n) is 14.2. The average molecular weight is 592 g/mol. The van der Waals surface area contributed by atoms with Crippen molar-refractivity contribution in [3.05, 3.63) is 120 Å². The third-order valence-electron chi connectivity index (χ3n) is 7.88. The summed E-state index contributed by atoms with van der Waals surface area (Å²) in [6.45, 7) is 2.73. The third kappa shape index (κ3) is 5.47. The summed E-state index contributed by atoms with van der Waals surface area (Å²) in [4.78, 5) is 8.45. The number of imidazole rings is 1. The lowest BCUT2D eigenvalue weighted by molar-refractivity contribution is -0.168. The molecule has 0 amide bonds. The van der Waals surface area contributed by atoms with E-state index in [1.807, 2.05) is 97.9 Å². The van der Waals surface area contributed by atoms with Gasteiger partial charge in [0, 0.05) is 0 Å². The number of nitrogens with zero attached hydrogens (tertiary/aromatic N) is 5. The highest BCUT2D eigenvalue weighted by molar-refractivity contribution is 5.61. The number of rotatable bonds is 11. The minimum atomic E-state index is -1.77. The molecule has 4 N–H and O–H groups in total. The van der Waals surface area contributed by atoms with E-state index >= 15 is 0 Å². The fraction of sp³-hybridized carbons (Fsp3) is 0.273. The summed E-state index contributed by atoms with van der Waals surface area (Å²) < 4.78 is 27.7. The molecular formula is C33H33N7O4. The molecule has 1 aliphatic rings. The molecule has 11 heteroatoms. The van der Waals surface area contributed by atoms with Gasteiger partial charge in [-0.15, -0.1) is 5.10 Å². The lowest BCUT2D eigenvalue weighted by Gasteiger charge is -2.39. The van der Waals surface area contributed by atoms with Gasteiger partial charge in [0.2, 0.25) is 11.5 Å². The predicted octanol–water partition coefficient (Wildman–Crippen LogP) is 4.18. The minimum absolute atomic E-state index is 0.0707. The van der Waals surface area contributed by atoms with Crippen molar-refractivity contribution in [2.75, 3.05) is 18.1 Å². The molecule has 1 fully saturated rings. The number of hydrogen-bond donors (Lipinski definition) is 2. The number of aromatic nitrogens is 4. The SMILES string of the molecule is C[C@@]1(OCc2ccccc2)[C@H](OCc2ccccc2)[C@@H](COCc2ccccc2)O[C@@]1(C#N)c1cnc2c(N)nc(N)nn12. The average Bonchev–Trinajstić information content (AvgIpc) is 3.58. The Balaban J connectivity index is 1.43. The Hall–Kier alpha value is -4.86. The zero-order valence-corrected chi connectivity index (χ0v) is 24.2. The molecule has 0 radical (unpaired) electrons. The molecule has 1 aliphatic heterocycles. The van der Waals surface area contributed by atoms with Crippen molar-refractivity contribution in [3.8, 4) is 6.07 Å². The fourth-order valence-corrected chi connectivity index (χ4v) is 5.64. The summed E-state index contributed by atoms with van der Waals surface area (Å²) in [7, 11) is 0. The van der Waals surface area contributed by atoms with Gasteiger partial charge in [0.25, 0.3) is 0 Å². The van der Waals surface area contributed by atoms with Crippen LogP contribution in [0.4, 0.5) is 11.8 Å². The van der Waals surface area contributed by atoms with Crippen LogP contribution in [-0.4, -0.2) is 44.0 Å². The number of fused-ring (bicyclic) bond motifs is 1. The van der Waals surface area contributed by atoms with Crippen molar-refractivity contribution in [2.45, 2.75) is 50.2 Å². The van der Waals surface area contributed by atoms with Gasteiger partial charge in [-0.2, -0.15) is 10.2 Å². The van der Waals surface area contributed by atoms with Crippen molar-refractivity contribution < 1.29 is 18.9 Å². The van der Waals surface area contributed by atoms with Crippen molar-refractivity contribution in [2.24, 2.45) is 0 Å². The molecule has 0 spiro atoms. The Morgan fingerprint density at radius 3 is 2.09 bits per heavy atom. The van der Waals surface area contributed by atoms with Crippen LogP contribution in [0.3, 0.4) is 0 Å². The zero-order chi connectivity index (χ0) is 30.6. The quantitative estimate of drug-likeness (QED) is 0.228. The maximum Gasteiger partial charge on any atom is 0.240 e. The van der Waals surface area contributed by atoms with Gasteiger partial charge in [-0.05, 0) is 23.6 Å². The maximum atomic E-state index is 11.0. The molecule has 11 nitrogen and oxygen atoms in total. The second-order valence-electron chi connectivity index (χ2n) is 10.8. The van der Waals surface area contributed by atoms with E-state index in [1.54, 1.807) is 0 Å². The van der Waals surface area contributed by atoms with Crippen LogP contribution in [0.5, 0.6) is 0 Å². The van der Waals surface area contributed by atoms with Crippen molar-refractivity contribution in [1.29, 1.82) is 5.26 Å². The molecule has 3 heterocycles. The van der Waals surface area contributed by atoms with Crippen LogP contribution >= 0.6 is 0 Å². The van der Waals surface area contributed by atoms with Gasteiger partial charge >= 0.3 is 0 Å². The van der Waals surface area contributed by atoms with Crippen LogP contribution in [0, 0.1) is 11.3 Å². The molecule has 6 rings (SSSR count). The second-order valence-corrected chi connectivity index (χ2v) is 10.8. The number of hydrogen-bond acceptors (Lipinski definition) is 10. The van der Waals surface area contributed by atoms with Gasteiger partial charge < -0.3 is 30.4 Å². The first kappa shape index (κ1) is 29.2. The van der Waals surface area contributed by atoms with E-state index in [0.29, 0.717) is 6.61 Å². The molecule has 0 aliphatic carbocycles. The molecule has 3 aromatic carbocycles. The van der Waals surface area contributed by atoms with Crippen LogP contribution in [0.25, 0.3) is 5.65 Å². The Labute approximate surface area is 255 Å². The highest BCUT2D eigenvalue weighted by atomic mass is 16.6. The summed E-state index contributed by atoms with van der Waals surface area (Å²) >= 11 is 0. The second kappa shape index (κ2) is 12.4. The zero-order valence-electron chi connectivity index (χ0n) is 24.2. The van der Waals surface area contributed by atoms with Gasteiger partial charge in [0.05, 0.1) is 32.6 Å².